The summed E-state index contributed by atoms with van der Waals surface area (Å²) in [5.74, 6) is 0.191. The molecule has 8 heteroatoms. The van der Waals surface area contributed by atoms with Gasteiger partial charge >= 0.3 is 0 Å². The quantitative estimate of drug-likeness (QED) is 0.457. The molecule has 0 radical (unpaired) electrons. The zero-order valence-corrected chi connectivity index (χ0v) is 22.9. The molecule has 2 aliphatic heterocycles. The van der Waals surface area contributed by atoms with Crippen molar-refractivity contribution in [3.8, 4) is 22.3 Å². The van der Waals surface area contributed by atoms with Gasteiger partial charge in [-0.2, -0.15) is 5.10 Å². The summed E-state index contributed by atoms with van der Waals surface area (Å²) in [6, 6.07) is 13.1. The Labute approximate surface area is 228 Å². The first-order valence-electron chi connectivity index (χ1n) is 13.6. The average molecular weight is 528 g/mol. The highest BCUT2D eigenvalue weighted by atomic mass is 19.1. The van der Waals surface area contributed by atoms with E-state index in [2.05, 4.69) is 10.1 Å². The first-order chi connectivity index (χ1) is 18.5. The van der Waals surface area contributed by atoms with Gasteiger partial charge in [0.25, 0.3) is 5.91 Å². The summed E-state index contributed by atoms with van der Waals surface area (Å²) in [4.78, 5) is 34.4. The number of hydrogen-bond donors (Lipinski definition) is 0. The van der Waals surface area contributed by atoms with Crippen molar-refractivity contribution in [3.63, 3.8) is 0 Å². The predicted octanol–water partition coefficient (Wildman–Crippen LogP) is 4.91. The van der Waals surface area contributed by atoms with E-state index in [0.29, 0.717) is 31.0 Å². The van der Waals surface area contributed by atoms with Crippen LogP contribution in [-0.2, 0) is 16.6 Å². The topological polar surface area (TPSA) is 70.8 Å². The number of aryl methyl sites for hydroxylation is 1. The van der Waals surface area contributed by atoms with Crippen LogP contribution in [0.2, 0.25) is 0 Å². The Morgan fingerprint density at radius 2 is 1.69 bits per heavy atom. The molecule has 3 heterocycles. The molecule has 0 N–H and O–H groups in total. The molecule has 202 valence electrons. The van der Waals surface area contributed by atoms with Gasteiger partial charge in [0.05, 0.1) is 11.8 Å². The first-order valence-corrected chi connectivity index (χ1v) is 13.6. The minimum Gasteiger partial charge on any atom is -0.342 e. The standard InChI is InChI=1S/C31H34FN5O2/c1-30(2)28(38)37(18-20-11-14-36(17-20)29(39)31(3)12-13-31)27(34-30)25-10-9-23(15-26(25)32)21-5-7-22(8-6-21)24-16-33-35(4)19-24/h5-10,15-16,19-20H,11-14,17-18H2,1-4H3. The minimum absolute atomic E-state index is 0.133. The molecule has 1 saturated heterocycles. The summed E-state index contributed by atoms with van der Waals surface area (Å²) in [6.07, 6.45) is 6.50. The monoisotopic (exact) mass is 527 g/mol. The van der Waals surface area contributed by atoms with Crippen LogP contribution >= 0.6 is 0 Å². The van der Waals surface area contributed by atoms with Crippen LogP contribution in [-0.4, -0.2) is 62.4 Å². The lowest BCUT2D eigenvalue weighted by atomic mass is 10.00. The third-order valence-electron chi connectivity index (χ3n) is 8.41. The Kier molecular flexibility index (Phi) is 5.97. The van der Waals surface area contributed by atoms with E-state index in [4.69, 9.17) is 0 Å². The summed E-state index contributed by atoms with van der Waals surface area (Å²) in [6.45, 7) is 7.33. The summed E-state index contributed by atoms with van der Waals surface area (Å²) in [7, 11) is 1.88. The average Bonchev–Trinajstić information content (AvgIpc) is 3.22. The van der Waals surface area contributed by atoms with Crippen molar-refractivity contribution in [1.82, 2.24) is 19.6 Å². The fraction of sp³-hybridized carbons (Fsp3) is 0.419. The number of amides is 2. The number of carbonyl (C=O) groups is 2. The molecular formula is C31H34FN5O2. The van der Waals surface area contributed by atoms with Gasteiger partial charge in [-0.25, -0.2) is 4.39 Å². The molecule has 1 aromatic heterocycles. The highest BCUT2D eigenvalue weighted by molar-refractivity contribution is 6.15. The van der Waals surface area contributed by atoms with Crippen LogP contribution in [0.5, 0.6) is 0 Å². The summed E-state index contributed by atoms with van der Waals surface area (Å²) in [5.41, 5.74) is 2.88. The third kappa shape index (κ3) is 4.66. The number of aromatic nitrogens is 2. The summed E-state index contributed by atoms with van der Waals surface area (Å²) < 4.78 is 17.4. The van der Waals surface area contributed by atoms with E-state index in [1.54, 1.807) is 29.5 Å². The number of aliphatic imine (C=N–C) groups is 1. The van der Waals surface area contributed by atoms with Crippen molar-refractivity contribution in [2.75, 3.05) is 19.6 Å². The van der Waals surface area contributed by atoms with Crippen LogP contribution in [0.3, 0.4) is 0 Å². The molecule has 39 heavy (non-hydrogen) atoms. The van der Waals surface area contributed by atoms with E-state index >= 15 is 4.39 Å². The van der Waals surface area contributed by atoms with Crippen LogP contribution in [0, 0.1) is 17.2 Å². The van der Waals surface area contributed by atoms with Gasteiger partial charge in [0, 0.05) is 43.9 Å². The maximum atomic E-state index is 15.6. The lowest BCUT2D eigenvalue weighted by molar-refractivity contribution is -0.135. The molecule has 6 rings (SSSR count). The van der Waals surface area contributed by atoms with Gasteiger partial charge in [-0.3, -0.25) is 24.2 Å². The molecule has 3 aromatic rings. The number of nitrogens with zero attached hydrogens (tertiary/aromatic N) is 5. The van der Waals surface area contributed by atoms with Crippen molar-refractivity contribution < 1.29 is 14.0 Å². The van der Waals surface area contributed by atoms with Crippen LogP contribution in [0.1, 0.15) is 45.6 Å². The van der Waals surface area contributed by atoms with Gasteiger partial charge < -0.3 is 4.90 Å². The van der Waals surface area contributed by atoms with Gasteiger partial charge in [-0.1, -0.05) is 37.3 Å². The van der Waals surface area contributed by atoms with Crippen LogP contribution in [0.15, 0.2) is 59.9 Å². The van der Waals surface area contributed by atoms with Crippen LogP contribution in [0.25, 0.3) is 22.3 Å². The van der Waals surface area contributed by atoms with Crippen molar-refractivity contribution in [3.05, 3.63) is 66.2 Å². The molecule has 1 saturated carbocycles. The highest BCUT2D eigenvalue weighted by Crippen LogP contribution is 2.47. The highest BCUT2D eigenvalue weighted by Gasteiger charge is 2.49. The fourth-order valence-electron chi connectivity index (χ4n) is 5.68. The maximum absolute atomic E-state index is 15.6. The number of rotatable bonds is 6. The van der Waals surface area contributed by atoms with E-state index in [1.165, 1.54) is 6.07 Å². The van der Waals surface area contributed by atoms with Crippen molar-refractivity contribution in [2.45, 2.75) is 45.6 Å². The van der Waals surface area contributed by atoms with Gasteiger partial charge in [0.2, 0.25) is 5.91 Å². The molecule has 1 atom stereocenters. The Morgan fingerprint density at radius 3 is 2.31 bits per heavy atom. The molecule has 3 aliphatic rings. The molecule has 7 nitrogen and oxygen atoms in total. The zero-order valence-electron chi connectivity index (χ0n) is 22.9. The predicted molar refractivity (Wildman–Crippen MR) is 148 cm³/mol. The van der Waals surface area contributed by atoms with Gasteiger partial charge in [-0.05, 0) is 67.9 Å². The van der Waals surface area contributed by atoms with Crippen LogP contribution < -0.4 is 0 Å². The second-order valence-electron chi connectivity index (χ2n) is 12.1. The molecule has 0 spiro atoms. The molecule has 2 fully saturated rings. The molecule has 1 aliphatic carbocycles. The largest absolute Gasteiger partial charge is 0.342 e. The number of amidine groups is 1. The summed E-state index contributed by atoms with van der Waals surface area (Å²) in [5, 5.41) is 4.22. The molecular weight excluding hydrogens is 493 g/mol. The second-order valence-corrected chi connectivity index (χ2v) is 12.1. The Balaban J connectivity index is 1.21. The second kappa shape index (κ2) is 9.14. The van der Waals surface area contributed by atoms with E-state index in [9.17, 15) is 9.59 Å². The molecule has 2 aromatic carbocycles. The normalized spacial score (nSPS) is 21.4. The first kappa shape index (κ1) is 25.5. The van der Waals surface area contributed by atoms with Crippen molar-refractivity contribution in [2.24, 2.45) is 23.4 Å². The van der Waals surface area contributed by atoms with Crippen molar-refractivity contribution >= 4 is 17.6 Å². The SMILES string of the molecule is Cn1cc(-c2ccc(-c3ccc(C4=NC(C)(C)C(=O)N4CC4CCN(C(=O)C5(C)CC5)C4)c(F)c3)cc2)cn1. The maximum Gasteiger partial charge on any atom is 0.255 e. The van der Waals surface area contributed by atoms with E-state index in [1.807, 2.05) is 61.6 Å². The molecule has 0 bridgehead atoms. The smallest absolute Gasteiger partial charge is 0.255 e. The third-order valence-corrected chi connectivity index (χ3v) is 8.41. The number of carbonyl (C=O) groups excluding carboxylic acids is 2. The minimum atomic E-state index is -0.960. The summed E-state index contributed by atoms with van der Waals surface area (Å²) >= 11 is 0. The lowest BCUT2D eigenvalue weighted by Crippen LogP contribution is -2.43. The fourth-order valence-corrected chi connectivity index (χ4v) is 5.68. The molecule has 2 amide bonds. The van der Waals surface area contributed by atoms with Crippen LogP contribution in [0.4, 0.5) is 4.39 Å². The van der Waals surface area contributed by atoms with Gasteiger partial charge in [-0.15, -0.1) is 0 Å². The Hall–Kier alpha value is -3.81. The number of halogens is 1. The number of hydrogen-bond acceptors (Lipinski definition) is 4. The van der Waals surface area contributed by atoms with Crippen molar-refractivity contribution in [1.29, 1.82) is 0 Å². The molecule has 1 unspecified atom stereocenters. The van der Waals surface area contributed by atoms with Gasteiger partial charge in [0.1, 0.15) is 17.2 Å². The van der Waals surface area contributed by atoms with E-state index < -0.39 is 11.4 Å². The van der Waals surface area contributed by atoms with E-state index in [0.717, 1.165) is 41.5 Å². The van der Waals surface area contributed by atoms with E-state index in [-0.39, 0.29) is 23.1 Å². The van der Waals surface area contributed by atoms with Gasteiger partial charge in [0.15, 0.2) is 0 Å². The number of likely N-dealkylation sites (tertiary alicyclic amines) is 1. The lowest BCUT2D eigenvalue weighted by Gasteiger charge is -2.25. The number of benzene rings is 2. The Bertz CT molecular complexity index is 1480. The Morgan fingerprint density at radius 1 is 1.03 bits per heavy atom. The zero-order chi connectivity index (χ0) is 27.5.